The Kier molecular flexibility index (Phi) is 6.02. The molecule has 0 aromatic rings. The molecule has 0 bridgehead atoms. The highest BCUT2D eigenvalue weighted by atomic mass is 16.5. The van der Waals surface area contributed by atoms with Crippen LogP contribution in [0.5, 0.6) is 0 Å². The Bertz CT molecular complexity index is 174. The largest absolute Gasteiger partial charge is 0.463 e. The Morgan fingerprint density at radius 2 is 2.42 bits per heavy atom. The average Bonchev–Trinajstić information content (AvgIpc) is 2.02. The van der Waals surface area contributed by atoms with E-state index in [1.807, 2.05) is 6.92 Å². The van der Waals surface area contributed by atoms with Gasteiger partial charge in [0.05, 0.1) is 12.5 Å². The highest BCUT2D eigenvalue weighted by molar-refractivity contribution is 5.69. The highest BCUT2D eigenvalue weighted by Gasteiger charge is 2.06. The topological polar surface area (TPSA) is 70.3 Å². The monoisotopic (exact) mass is 171 g/mol. The molecule has 0 fully saturated rings. The lowest BCUT2D eigenvalue weighted by Crippen LogP contribution is -2.17. The van der Waals surface area contributed by atoms with Crippen LogP contribution < -0.4 is 0 Å². The Morgan fingerprint density at radius 1 is 1.75 bits per heavy atom. The van der Waals surface area contributed by atoms with Gasteiger partial charge in [-0.3, -0.25) is 4.79 Å². The molecule has 0 heterocycles. The van der Waals surface area contributed by atoms with Gasteiger partial charge in [0.2, 0.25) is 0 Å². The number of nitriles is 1. The van der Waals surface area contributed by atoms with Gasteiger partial charge in [-0.05, 0) is 6.42 Å². The maximum atomic E-state index is 10.7. The zero-order chi connectivity index (χ0) is 9.40. The van der Waals surface area contributed by atoms with Crippen molar-refractivity contribution >= 4 is 5.97 Å². The molecule has 12 heavy (non-hydrogen) atoms. The van der Waals surface area contributed by atoms with E-state index in [0.717, 1.165) is 6.42 Å². The molecule has 68 valence electrons. The first-order valence-corrected chi connectivity index (χ1v) is 3.91. The summed E-state index contributed by atoms with van der Waals surface area (Å²) >= 11 is 0. The van der Waals surface area contributed by atoms with Gasteiger partial charge in [-0.2, -0.15) is 5.26 Å². The summed E-state index contributed by atoms with van der Waals surface area (Å²) in [5.74, 6) is -0.325. The van der Waals surface area contributed by atoms with Gasteiger partial charge in [0.1, 0.15) is 12.7 Å². The minimum Gasteiger partial charge on any atom is -0.463 e. The van der Waals surface area contributed by atoms with Gasteiger partial charge in [-0.15, -0.1) is 0 Å². The molecule has 0 rings (SSSR count). The van der Waals surface area contributed by atoms with E-state index in [0.29, 0.717) is 6.42 Å². The van der Waals surface area contributed by atoms with E-state index in [2.05, 4.69) is 4.74 Å². The number of carbonyl (C=O) groups excluding carboxylic acids is 1. The van der Waals surface area contributed by atoms with Crippen LogP contribution in [0.2, 0.25) is 0 Å². The van der Waals surface area contributed by atoms with Crippen LogP contribution in [0.3, 0.4) is 0 Å². The van der Waals surface area contributed by atoms with Gasteiger partial charge in [0, 0.05) is 6.42 Å². The van der Waals surface area contributed by atoms with Crippen LogP contribution in [0.15, 0.2) is 0 Å². The Labute approximate surface area is 71.8 Å². The van der Waals surface area contributed by atoms with Crippen LogP contribution in [0.4, 0.5) is 0 Å². The molecule has 1 unspecified atom stereocenters. The summed E-state index contributed by atoms with van der Waals surface area (Å²) in [5.41, 5.74) is 0. The summed E-state index contributed by atoms with van der Waals surface area (Å²) in [5, 5.41) is 17.1. The number of hydrogen-bond acceptors (Lipinski definition) is 4. The number of carbonyl (C=O) groups is 1. The van der Waals surface area contributed by atoms with Gasteiger partial charge in [0.25, 0.3) is 0 Å². The van der Waals surface area contributed by atoms with Crippen LogP contribution in [0.1, 0.15) is 26.2 Å². The Morgan fingerprint density at radius 3 is 2.92 bits per heavy atom. The molecule has 0 aromatic heterocycles. The number of rotatable bonds is 5. The maximum absolute atomic E-state index is 10.7. The summed E-state index contributed by atoms with van der Waals surface area (Å²) in [7, 11) is 0. The van der Waals surface area contributed by atoms with Crippen molar-refractivity contribution < 1.29 is 14.6 Å². The second-order valence-electron chi connectivity index (χ2n) is 2.45. The fourth-order valence-corrected chi connectivity index (χ4v) is 0.630. The summed E-state index contributed by atoms with van der Waals surface area (Å²) in [6.45, 7) is 1.79. The van der Waals surface area contributed by atoms with Crippen LogP contribution in [0, 0.1) is 11.3 Å². The molecule has 0 amide bonds. The van der Waals surface area contributed by atoms with Crippen molar-refractivity contribution in [1.82, 2.24) is 0 Å². The van der Waals surface area contributed by atoms with Crippen LogP contribution in [-0.4, -0.2) is 23.8 Å². The van der Waals surface area contributed by atoms with Crippen molar-refractivity contribution in [2.45, 2.75) is 32.3 Å². The molecule has 1 N–H and O–H groups in total. The molecule has 4 nitrogen and oxygen atoms in total. The quantitative estimate of drug-likeness (QED) is 0.615. The maximum Gasteiger partial charge on any atom is 0.305 e. The van der Waals surface area contributed by atoms with E-state index < -0.39 is 6.10 Å². The van der Waals surface area contributed by atoms with E-state index in [1.54, 1.807) is 6.07 Å². The Balaban J connectivity index is 3.41. The van der Waals surface area contributed by atoms with Crippen molar-refractivity contribution in [2.24, 2.45) is 0 Å². The molecule has 0 aliphatic carbocycles. The minimum atomic E-state index is -0.851. The van der Waals surface area contributed by atoms with E-state index in [9.17, 15) is 4.79 Å². The summed E-state index contributed by atoms with van der Waals surface area (Å²) in [6.07, 6.45) is 0.238. The fraction of sp³-hybridized carbons (Fsp3) is 0.750. The van der Waals surface area contributed by atoms with Crippen molar-refractivity contribution in [1.29, 1.82) is 5.26 Å². The van der Waals surface area contributed by atoms with Crippen LogP contribution in [-0.2, 0) is 9.53 Å². The third kappa shape index (κ3) is 5.69. The van der Waals surface area contributed by atoms with Gasteiger partial charge in [-0.1, -0.05) is 6.92 Å². The highest BCUT2D eigenvalue weighted by Crippen LogP contribution is 1.95. The third-order valence-electron chi connectivity index (χ3n) is 1.22. The first-order chi connectivity index (χ1) is 5.70. The predicted octanol–water partition coefficient (Wildman–Crippen LogP) is 0.604. The van der Waals surface area contributed by atoms with E-state index in [1.165, 1.54) is 0 Å². The van der Waals surface area contributed by atoms with Crippen molar-refractivity contribution in [3.63, 3.8) is 0 Å². The van der Waals surface area contributed by atoms with Crippen LogP contribution in [0.25, 0.3) is 0 Å². The van der Waals surface area contributed by atoms with Gasteiger partial charge < -0.3 is 9.84 Å². The standard InChI is InChI=1S/C8H13NO3/c1-2-3-8(11)12-6-7(10)4-5-9/h7,10H,2-4,6H2,1H3. The molecule has 0 aliphatic heterocycles. The SMILES string of the molecule is CCCC(=O)OCC(O)CC#N. The fourth-order valence-electron chi connectivity index (χ4n) is 0.630. The zero-order valence-corrected chi connectivity index (χ0v) is 7.12. The molecule has 4 heteroatoms. The van der Waals surface area contributed by atoms with Gasteiger partial charge in [0.15, 0.2) is 0 Å². The number of aliphatic hydroxyl groups is 1. The lowest BCUT2D eigenvalue weighted by atomic mass is 10.3. The van der Waals surface area contributed by atoms with Gasteiger partial charge >= 0.3 is 5.97 Å². The lowest BCUT2D eigenvalue weighted by molar-refractivity contribution is -0.146. The molecule has 0 saturated heterocycles. The van der Waals surface area contributed by atoms with Crippen molar-refractivity contribution in [2.75, 3.05) is 6.61 Å². The normalized spacial score (nSPS) is 11.8. The molecule has 0 aromatic carbocycles. The van der Waals surface area contributed by atoms with Crippen molar-refractivity contribution in [3.8, 4) is 6.07 Å². The van der Waals surface area contributed by atoms with Crippen molar-refractivity contribution in [3.05, 3.63) is 0 Å². The number of hydrogen-bond donors (Lipinski definition) is 1. The first-order valence-electron chi connectivity index (χ1n) is 3.91. The van der Waals surface area contributed by atoms with Crippen LogP contribution >= 0.6 is 0 Å². The molecular formula is C8H13NO3. The second kappa shape index (κ2) is 6.62. The minimum absolute atomic E-state index is 0.000590. The molecule has 0 aliphatic rings. The molecule has 0 radical (unpaired) electrons. The lowest BCUT2D eigenvalue weighted by Gasteiger charge is -2.06. The number of esters is 1. The molecule has 1 atom stereocenters. The summed E-state index contributed by atoms with van der Waals surface area (Å²) in [4.78, 5) is 10.7. The summed E-state index contributed by atoms with van der Waals surface area (Å²) < 4.78 is 4.66. The first kappa shape index (κ1) is 10.9. The average molecular weight is 171 g/mol. The molecule has 0 saturated carbocycles. The van der Waals surface area contributed by atoms with Gasteiger partial charge in [-0.25, -0.2) is 0 Å². The van der Waals surface area contributed by atoms with E-state index in [4.69, 9.17) is 10.4 Å². The smallest absolute Gasteiger partial charge is 0.305 e. The number of aliphatic hydroxyl groups excluding tert-OH is 1. The van der Waals surface area contributed by atoms with E-state index >= 15 is 0 Å². The molecular weight excluding hydrogens is 158 g/mol. The third-order valence-corrected chi connectivity index (χ3v) is 1.22. The number of ether oxygens (including phenoxy) is 1. The summed E-state index contributed by atoms with van der Waals surface area (Å²) in [6, 6.07) is 1.78. The second-order valence-corrected chi connectivity index (χ2v) is 2.45. The Hall–Kier alpha value is -1.08. The number of nitrogens with zero attached hydrogens (tertiary/aromatic N) is 1. The predicted molar refractivity (Wildman–Crippen MR) is 42.1 cm³/mol. The molecule has 0 spiro atoms. The van der Waals surface area contributed by atoms with E-state index in [-0.39, 0.29) is 19.0 Å². The zero-order valence-electron chi connectivity index (χ0n) is 7.12.